The summed E-state index contributed by atoms with van der Waals surface area (Å²) in [5, 5.41) is 0. The van der Waals surface area contributed by atoms with Crippen LogP contribution in [0.15, 0.2) is 22.8 Å². The van der Waals surface area contributed by atoms with E-state index in [4.69, 9.17) is 9.15 Å². The first-order valence-corrected chi connectivity index (χ1v) is 9.48. The van der Waals surface area contributed by atoms with E-state index in [1.54, 1.807) is 12.1 Å². The second kappa shape index (κ2) is 13.2. The third-order valence-corrected chi connectivity index (χ3v) is 4.24. The van der Waals surface area contributed by atoms with Gasteiger partial charge in [0.05, 0.1) is 12.4 Å². The highest BCUT2D eigenvalue weighted by Gasteiger charge is 2.13. The van der Waals surface area contributed by atoms with Crippen LogP contribution in [-0.4, -0.2) is 12.1 Å². The van der Waals surface area contributed by atoms with Gasteiger partial charge in [0, 0.05) is 0 Å². The van der Waals surface area contributed by atoms with Crippen LogP contribution in [0, 0.1) is 0 Å². The van der Waals surface area contributed by atoms with Crippen molar-refractivity contribution in [1.29, 1.82) is 0 Å². The molecule has 3 heteroatoms. The predicted octanol–water partition coefficient (Wildman–Crippen LogP) is 6.53. The third-order valence-electron chi connectivity index (χ3n) is 4.24. The van der Waals surface area contributed by atoms with Crippen molar-refractivity contribution in [1.82, 2.24) is 0 Å². The van der Waals surface area contributed by atoms with Crippen molar-refractivity contribution >= 4 is 5.97 Å². The van der Waals surface area contributed by atoms with Crippen molar-refractivity contribution in [2.75, 3.05) is 0 Å². The molecule has 0 radical (unpaired) electrons. The molecule has 0 aliphatic rings. The second-order valence-corrected chi connectivity index (χ2v) is 6.52. The van der Waals surface area contributed by atoms with Crippen molar-refractivity contribution < 1.29 is 13.9 Å². The van der Waals surface area contributed by atoms with E-state index in [2.05, 4.69) is 6.92 Å². The Labute approximate surface area is 141 Å². The molecule has 0 aliphatic heterocycles. The Kier molecular flexibility index (Phi) is 11.4. The van der Waals surface area contributed by atoms with Gasteiger partial charge in [0.2, 0.25) is 5.76 Å². The van der Waals surface area contributed by atoms with Crippen LogP contribution >= 0.6 is 0 Å². The van der Waals surface area contributed by atoms with Crippen LogP contribution in [0.1, 0.15) is 101 Å². The van der Waals surface area contributed by atoms with Crippen LogP contribution < -0.4 is 0 Å². The molecule has 0 aliphatic carbocycles. The highest BCUT2D eigenvalue weighted by molar-refractivity contribution is 5.86. The Bertz CT molecular complexity index is 384. The average molecular weight is 322 g/mol. The van der Waals surface area contributed by atoms with E-state index in [-0.39, 0.29) is 17.8 Å². The first-order valence-electron chi connectivity index (χ1n) is 9.48. The quantitative estimate of drug-likeness (QED) is 0.289. The van der Waals surface area contributed by atoms with E-state index in [1.165, 1.54) is 70.5 Å². The molecule has 0 fully saturated rings. The molecule has 132 valence electrons. The number of esters is 1. The monoisotopic (exact) mass is 322 g/mol. The van der Waals surface area contributed by atoms with Gasteiger partial charge in [0.1, 0.15) is 0 Å². The fraction of sp³-hybridized carbons (Fsp3) is 0.750. The molecule has 0 aromatic carbocycles. The average Bonchev–Trinajstić information content (AvgIpc) is 3.07. The molecule has 1 atom stereocenters. The molecule has 1 aromatic heterocycles. The fourth-order valence-corrected chi connectivity index (χ4v) is 2.79. The lowest BCUT2D eigenvalue weighted by Crippen LogP contribution is -2.14. The number of furan rings is 1. The zero-order valence-electron chi connectivity index (χ0n) is 15.0. The van der Waals surface area contributed by atoms with Crippen molar-refractivity contribution in [3.05, 3.63) is 24.2 Å². The number of rotatable bonds is 14. The lowest BCUT2D eigenvalue weighted by atomic mass is 10.0. The Balaban J connectivity index is 1.88. The molecule has 0 saturated heterocycles. The summed E-state index contributed by atoms with van der Waals surface area (Å²) in [4.78, 5) is 11.7. The summed E-state index contributed by atoms with van der Waals surface area (Å²) in [5.74, 6) is -0.0682. The highest BCUT2D eigenvalue weighted by Crippen LogP contribution is 2.14. The SMILES string of the molecule is CCCCCCCCCCCCCC(C)OC(=O)c1ccco1. The molecule has 3 nitrogen and oxygen atoms in total. The van der Waals surface area contributed by atoms with Gasteiger partial charge in [-0.15, -0.1) is 0 Å². The van der Waals surface area contributed by atoms with E-state index in [0.717, 1.165) is 12.8 Å². The van der Waals surface area contributed by atoms with Gasteiger partial charge >= 0.3 is 5.97 Å². The molecule has 0 amide bonds. The summed E-state index contributed by atoms with van der Waals surface area (Å²) in [5.41, 5.74) is 0. The standard InChI is InChI=1S/C20H34O3/c1-3-4-5-6-7-8-9-10-11-12-13-15-18(2)23-20(21)19-16-14-17-22-19/h14,16-18H,3-13,15H2,1-2H3. The molecule has 1 unspecified atom stereocenters. The molecule has 0 spiro atoms. The first-order chi connectivity index (χ1) is 11.2. The molecule has 0 N–H and O–H groups in total. The van der Waals surface area contributed by atoms with Crippen molar-refractivity contribution in [2.24, 2.45) is 0 Å². The minimum absolute atomic E-state index is 0.0360. The molecular weight excluding hydrogens is 288 g/mol. The summed E-state index contributed by atoms with van der Waals surface area (Å²) in [6.45, 7) is 4.22. The zero-order valence-corrected chi connectivity index (χ0v) is 15.0. The number of hydrogen-bond donors (Lipinski definition) is 0. The largest absolute Gasteiger partial charge is 0.457 e. The van der Waals surface area contributed by atoms with E-state index in [1.807, 2.05) is 6.92 Å². The summed E-state index contributed by atoms with van der Waals surface area (Å²) < 4.78 is 10.4. The number of carbonyl (C=O) groups excluding carboxylic acids is 1. The van der Waals surface area contributed by atoms with Gasteiger partial charge in [0.25, 0.3) is 0 Å². The zero-order chi connectivity index (χ0) is 16.8. The second-order valence-electron chi connectivity index (χ2n) is 6.52. The molecule has 0 bridgehead atoms. The van der Waals surface area contributed by atoms with E-state index >= 15 is 0 Å². The van der Waals surface area contributed by atoms with Gasteiger partial charge in [-0.25, -0.2) is 4.79 Å². The smallest absolute Gasteiger partial charge is 0.374 e. The van der Waals surface area contributed by atoms with Gasteiger partial charge in [-0.3, -0.25) is 0 Å². The first kappa shape index (κ1) is 19.8. The minimum atomic E-state index is -0.356. The number of ether oxygens (including phenoxy) is 1. The van der Waals surface area contributed by atoms with Gasteiger partial charge < -0.3 is 9.15 Å². The number of carbonyl (C=O) groups is 1. The van der Waals surface area contributed by atoms with Crippen LogP contribution in [0.3, 0.4) is 0 Å². The molecule has 1 rings (SSSR count). The Morgan fingerprint density at radius 2 is 1.57 bits per heavy atom. The molecule has 23 heavy (non-hydrogen) atoms. The van der Waals surface area contributed by atoms with Gasteiger partial charge in [-0.1, -0.05) is 71.1 Å². The fourth-order valence-electron chi connectivity index (χ4n) is 2.79. The van der Waals surface area contributed by atoms with Crippen LogP contribution in [0.2, 0.25) is 0 Å². The van der Waals surface area contributed by atoms with Crippen molar-refractivity contribution in [3.8, 4) is 0 Å². The Hall–Kier alpha value is -1.25. The topological polar surface area (TPSA) is 39.4 Å². The molecule has 1 heterocycles. The van der Waals surface area contributed by atoms with Gasteiger partial charge in [-0.2, -0.15) is 0 Å². The lowest BCUT2D eigenvalue weighted by molar-refractivity contribution is 0.0283. The maximum atomic E-state index is 11.7. The maximum absolute atomic E-state index is 11.7. The van der Waals surface area contributed by atoms with E-state index in [0.29, 0.717) is 0 Å². The van der Waals surface area contributed by atoms with Crippen LogP contribution in [-0.2, 0) is 4.74 Å². The molecular formula is C20H34O3. The van der Waals surface area contributed by atoms with Crippen molar-refractivity contribution in [3.63, 3.8) is 0 Å². The van der Waals surface area contributed by atoms with Gasteiger partial charge in [0.15, 0.2) is 0 Å². The molecule has 1 aromatic rings. The van der Waals surface area contributed by atoms with Crippen molar-refractivity contribution in [2.45, 2.75) is 97.0 Å². The van der Waals surface area contributed by atoms with Gasteiger partial charge in [-0.05, 0) is 31.9 Å². The van der Waals surface area contributed by atoms with E-state index < -0.39 is 0 Å². The van der Waals surface area contributed by atoms with Crippen LogP contribution in [0.4, 0.5) is 0 Å². The summed E-state index contributed by atoms with van der Waals surface area (Å²) in [7, 11) is 0. The predicted molar refractivity (Wildman–Crippen MR) is 94.7 cm³/mol. The third kappa shape index (κ3) is 10.2. The maximum Gasteiger partial charge on any atom is 0.374 e. The Morgan fingerprint density at radius 1 is 1.00 bits per heavy atom. The summed E-state index contributed by atoms with van der Waals surface area (Å²) >= 11 is 0. The Morgan fingerprint density at radius 3 is 2.09 bits per heavy atom. The number of unbranched alkanes of at least 4 members (excludes halogenated alkanes) is 10. The highest BCUT2D eigenvalue weighted by atomic mass is 16.6. The van der Waals surface area contributed by atoms with E-state index in [9.17, 15) is 4.79 Å². The minimum Gasteiger partial charge on any atom is -0.457 e. The summed E-state index contributed by atoms with van der Waals surface area (Å²) in [6, 6.07) is 3.34. The van der Waals surface area contributed by atoms with Crippen LogP contribution in [0.5, 0.6) is 0 Å². The van der Waals surface area contributed by atoms with Crippen LogP contribution in [0.25, 0.3) is 0 Å². The lowest BCUT2D eigenvalue weighted by Gasteiger charge is -2.12. The number of hydrogen-bond acceptors (Lipinski definition) is 3. The summed E-state index contributed by atoms with van der Waals surface area (Å²) in [6.07, 6.45) is 17.1. The normalized spacial score (nSPS) is 12.3. The molecule has 0 saturated carbocycles.